The zero-order chi connectivity index (χ0) is 31.6. The van der Waals surface area contributed by atoms with E-state index in [0.717, 1.165) is 49.4 Å². The molecular weight excluding hydrogens is 614 g/mol. The molecule has 1 aliphatic carbocycles. The number of hydrogen-bond acceptors (Lipinski definition) is 8. The van der Waals surface area contributed by atoms with Gasteiger partial charge in [0, 0.05) is 51.1 Å². The van der Waals surface area contributed by atoms with Gasteiger partial charge >= 0.3 is 5.97 Å². The molecule has 2 aliphatic rings. The number of carboxylic acid groups (broad SMARTS) is 1. The molecule has 0 atom stereocenters. The average molecular weight is 652 g/mol. The third kappa shape index (κ3) is 8.02. The lowest BCUT2D eigenvalue weighted by Crippen LogP contribution is -2.47. The molecule has 10 nitrogen and oxygen atoms in total. The molecule has 2 fully saturated rings. The van der Waals surface area contributed by atoms with E-state index in [4.69, 9.17) is 21.3 Å². The van der Waals surface area contributed by atoms with Crippen LogP contribution in [0, 0.1) is 5.92 Å². The highest BCUT2D eigenvalue weighted by Gasteiger charge is 2.27. The lowest BCUT2D eigenvalue weighted by atomic mass is 9.87. The van der Waals surface area contributed by atoms with Crippen LogP contribution < -0.4 is 4.74 Å². The van der Waals surface area contributed by atoms with E-state index in [1.165, 1.54) is 11.8 Å². The average Bonchev–Trinajstić information content (AvgIpc) is 3.41. The SMILES string of the molecule is CS(=O)(=O)CCN1CCN(Cc2ccc(-c3ccc(-c4nc5nc(O[C@H]6CC[C@H](C(=O)O)CC6)[nH]c5cc4Cl)cc3)cc2)CC1. The van der Waals surface area contributed by atoms with Crippen LogP contribution in [0.25, 0.3) is 33.5 Å². The summed E-state index contributed by atoms with van der Waals surface area (Å²) in [7, 11) is -2.93. The van der Waals surface area contributed by atoms with Gasteiger partial charge in [-0.3, -0.25) is 14.6 Å². The number of halogens is 1. The Hall–Kier alpha value is -3.51. The first kappa shape index (κ1) is 31.5. The van der Waals surface area contributed by atoms with E-state index in [9.17, 15) is 18.3 Å². The maximum atomic E-state index is 11.5. The Kier molecular flexibility index (Phi) is 9.41. The third-order valence-electron chi connectivity index (χ3n) is 8.80. The lowest BCUT2D eigenvalue weighted by molar-refractivity contribution is -0.143. The van der Waals surface area contributed by atoms with Crippen molar-refractivity contribution >= 4 is 38.6 Å². The number of fused-ring (bicyclic) bond motifs is 1. The molecule has 2 aromatic carbocycles. The van der Waals surface area contributed by atoms with Gasteiger partial charge in [0.1, 0.15) is 15.9 Å². The Bertz CT molecular complexity index is 1740. The van der Waals surface area contributed by atoms with Crippen LogP contribution >= 0.6 is 11.6 Å². The molecule has 6 rings (SSSR count). The fourth-order valence-electron chi connectivity index (χ4n) is 6.09. The first-order valence-electron chi connectivity index (χ1n) is 15.4. The Morgan fingerprint density at radius 1 is 0.933 bits per heavy atom. The van der Waals surface area contributed by atoms with Crippen LogP contribution in [-0.4, -0.2) is 95.1 Å². The minimum Gasteiger partial charge on any atom is -0.481 e. The van der Waals surface area contributed by atoms with E-state index in [-0.39, 0.29) is 17.8 Å². The first-order valence-corrected chi connectivity index (χ1v) is 17.8. The summed E-state index contributed by atoms with van der Waals surface area (Å²) < 4.78 is 28.9. The number of aromatic nitrogens is 3. The summed E-state index contributed by atoms with van der Waals surface area (Å²) in [6.45, 7) is 5.11. The van der Waals surface area contributed by atoms with E-state index in [0.29, 0.717) is 60.1 Å². The monoisotopic (exact) mass is 651 g/mol. The molecule has 0 spiro atoms. The number of imidazole rings is 1. The van der Waals surface area contributed by atoms with Crippen LogP contribution in [0.1, 0.15) is 31.2 Å². The second-order valence-electron chi connectivity index (χ2n) is 12.2. The van der Waals surface area contributed by atoms with Crippen LogP contribution in [0.4, 0.5) is 0 Å². The molecule has 1 aliphatic heterocycles. The molecule has 0 unspecified atom stereocenters. The van der Waals surface area contributed by atoms with E-state index < -0.39 is 15.8 Å². The minimum atomic E-state index is -2.93. The maximum Gasteiger partial charge on any atom is 0.306 e. The van der Waals surface area contributed by atoms with Crippen molar-refractivity contribution in [1.82, 2.24) is 24.8 Å². The Morgan fingerprint density at radius 3 is 2.16 bits per heavy atom. The minimum absolute atomic E-state index is 0.0753. The van der Waals surface area contributed by atoms with Crippen molar-refractivity contribution in [3.63, 3.8) is 0 Å². The molecule has 2 N–H and O–H groups in total. The first-order chi connectivity index (χ1) is 21.6. The second kappa shape index (κ2) is 13.5. The largest absolute Gasteiger partial charge is 0.481 e. The van der Waals surface area contributed by atoms with Crippen molar-refractivity contribution in [1.29, 1.82) is 0 Å². The van der Waals surface area contributed by atoms with Gasteiger partial charge in [0.2, 0.25) is 0 Å². The lowest BCUT2D eigenvalue weighted by Gasteiger charge is -2.34. The van der Waals surface area contributed by atoms with Crippen molar-refractivity contribution in [2.75, 3.05) is 44.7 Å². The fraction of sp³-hybridized carbons (Fsp3) is 0.424. The molecule has 1 saturated heterocycles. The number of benzene rings is 2. The number of nitrogens with zero attached hydrogens (tertiary/aromatic N) is 4. The third-order valence-corrected chi connectivity index (χ3v) is 10.0. The molecule has 0 bridgehead atoms. The molecule has 0 radical (unpaired) electrons. The molecular formula is C33H38ClN5O5S. The number of sulfone groups is 1. The summed E-state index contributed by atoms with van der Waals surface area (Å²) in [5, 5.41) is 9.74. The van der Waals surface area contributed by atoms with Gasteiger partial charge in [-0.05, 0) is 48.4 Å². The molecule has 12 heteroatoms. The summed E-state index contributed by atoms with van der Waals surface area (Å²) in [6.07, 6.45) is 3.77. The maximum absolute atomic E-state index is 11.5. The standard InChI is InChI=1S/C33H38ClN5O5S/c1-45(42,43)19-18-38-14-16-39(17-15-38)21-22-2-4-23(5-3-22)24-6-8-25(9-7-24)30-28(34)20-29-31(36-30)37-33(35-29)44-27-12-10-26(11-13-27)32(40)41/h2-9,20,26-27H,10-19,21H2,1H3,(H,40,41)(H,35,36,37)/t26-,27-. The summed E-state index contributed by atoms with van der Waals surface area (Å²) in [5.41, 5.74) is 6.19. The van der Waals surface area contributed by atoms with Gasteiger partial charge in [0.05, 0.1) is 27.9 Å². The Labute approximate surface area is 268 Å². The predicted molar refractivity (Wildman–Crippen MR) is 175 cm³/mol. The number of nitrogens with one attached hydrogen (secondary N) is 1. The predicted octanol–water partition coefficient (Wildman–Crippen LogP) is 5.13. The number of carbonyl (C=O) groups is 1. The van der Waals surface area contributed by atoms with Crippen LogP contribution in [0.2, 0.25) is 5.02 Å². The number of hydrogen-bond donors (Lipinski definition) is 2. The number of aliphatic carboxylic acids is 1. The summed E-state index contributed by atoms with van der Waals surface area (Å²) in [4.78, 5) is 28.3. The molecule has 4 aromatic rings. The highest BCUT2D eigenvalue weighted by Crippen LogP contribution is 2.32. The smallest absolute Gasteiger partial charge is 0.306 e. The quantitative estimate of drug-likeness (QED) is 0.240. The van der Waals surface area contributed by atoms with Gasteiger partial charge in [0.25, 0.3) is 6.01 Å². The Balaban J connectivity index is 1.06. The molecule has 3 heterocycles. The van der Waals surface area contributed by atoms with Crippen LogP contribution in [0.3, 0.4) is 0 Å². The van der Waals surface area contributed by atoms with Crippen LogP contribution in [-0.2, 0) is 21.2 Å². The molecule has 2 aromatic heterocycles. The number of carboxylic acids is 1. The van der Waals surface area contributed by atoms with E-state index in [2.05, 4.69) is 56.2 Å². The number of pyridine rings is 1. The molecule has 238 valence electrons. The molecule has 1 saturated carbocycles. The zero-order valence-corrected chi connectivity index (χ0v) is 26.9. The number of ether oxygens (including phenoxy) is 1. The van der Waals surface area contributed by atoms with Gasteiger partial charge in [-0.1, -0.05) is 60.1 Å². The summed E-state index contributed by atoms with van der Waals surface area (Å²) in [5.74, 6) is -0.817. The second-order valence-corrected chi connectivity index (χ2v) is 14.9. The molecule has 45 heavy (non-hydrogen) atoms. The van der Waals surface area contributed by atoms with Crippen molar-refractivity contribution in [3.05, 3.63) is 65.2 Å². The van der Waals surface area contributed by atoms with Crippen molar-refractivity contribution in [3.8, 4) is 28.4 Å². The molecule has 0 amide bonds. The number of piperazine rings is 1. The number of aromatic amines is 1. The van der Waals surface area contributed by atoms with Gasteiger partial charge < -0.3 is 14.8 Å². The van der Waals surface area contributed by atoms with E-state index >= 15 is 0 Å². The Morgan fingerprint density at radius 2 is 1.53 bits per heavy atom. The number of H-pyrrole nitrogens is 1. The topological polar surface area (TPSA) is 129 Å². The van der Waals surface area contributed by atoms with Crippen molar-refractivity contribution < 1.29 is 23.1 Å². The van der Waals surface area contributed by atoms with Crippen LogP contribution in [0.5, 0.6) is 6.01 Å². The summed E-state index contributed by atoms with van der Waals surface area (Å²) >= 11 is 6.64. The van der Waals surface area contributed by atoms with Gasteiger partial charge in [-0.2, -0.15) is 4.98 Å². The highest BCUT2D eigenvalue weighted by molar-refractivity contribution is 7.90. The zero-order valence-electron chi connectivity index (χ0n) is 25.3. The number of rotatable bonds is 10. The van der Waals surface area contributed by atoms with Crippen molar-refractivity contribution in [2.45, 2.75) is 38.3 Å². The van der Waals surface area contributed by atoms with Crippen molar-refractivity contribution in [2.24, 2.45) is 5.92 Å². The normalized spacial score (nSPS) is 20.0. The fourth-order valence-corrected chi connectivity index (χ4v) is 6.94. The van der Waals surface area contributed by atoms with E-state index in [1.807, 2.05) is 18.2 Å². The van der Waals surface area contributed by atoms with Gasteiger partial charge in [0.15, 0.2) is 5.65 Å². The van der Waals surface area contributed by atoms with Crippen LogP contribution in [0.15, 0.2) is 54.6 Å². The summed E-state index contributed by atoms with van der Waals surface area (Å²) in [6, 6.07) is 18.9. The van der Waals surface area contributed by atoms with Gasteiger partial charge in [-0.25, -0.2) is 13.4 Å². The van der Waals surface area contributed by atoms with Gasteiger partial charge in [-0.15, -0.1) is 0 Å². The highest BCUT2D eigenvalue weighted by atomic mass is 35.5. The van der Waals surface area contributed by atoms with E-state index in [1.54, 1.807) is 0 Å².